The van der Waals surface area contributed by atoms with Crippen molar-refractivity contribution < 1.29 is 8.95 Å². The topological polar surface area (TPSA) is 51.2 Å². The first-order valence-electron chi connectivity index (χ1n) is 8.20. The molecule has 0 saturated carbocycles. The lowest BCUT2D eigenvalue weighted by Gasteiger charge is -2.24. The van der Waals surface area contributed by atoms with Crippen molar-refractivity contribution in [2.24, 2.45) is 0 Å². The number of halogens is 1. The number of rotatable bonds is 6. The van der Waals surface area contributed by atoms with E-state index in [1.165, 1.54) is 0 Å². The van der Waals surface area contributed by atoms with Crippen molar-refractivity contribution in [2.75, 3.05) is 0 Å². The number of nitrogens with one attached hydrogen (secondary N) is 1. The third-order valence-corrected chi connectivity index (χ3v) is 5.56. The average Bonchev–Trinajstić information content (AvgIpc) is 2.52. The van der Waals surface area contributed by atoms with E-state index in [9.17, 15) is 4.21 Å². The van der Waals surface area contributed by atoms with Gasteiger partial charge in [0.25, 0.3) is 0 Å². The molecule has 6 heteroatoms. The highest BCUT2D eigenvalue weighted by molar-refractivity contribution is 7.84. The molecule has 0 spiro atoms. The van der Waals surface area contributed by atoms with Crippen LogP contribution in [0.15, 0.2) is 36.4 Å². The van der Waals surface area contributed by atoms with Crippen LogP contribution >= 0.6 is 11.6 Å². The van der Waals surface area contributed by atoms with Gasteiger partial charge in [-0.25, -0.2) is 13.9 Å². The van der Waals surface area contributed by atoms with Gasteiger partial charge >= 0.3 is 0 Å². The quantitative estimate of drug-likeness (QED) is 0.736. The van der Waals surface area contributed by atoms with Crippen molar-refractivity contribution in [2.45, 2.75) is 52.0 Å². The summed E-state index contributed by atoms with van der Waals surface area (Å²) in [5, 5.41) is 0.383. The molecule has 0 fully saturated rings. The minimum Gasteiger partial charge on any atom is -0.488 e. The number of benzene rings is 1. The number of pyridine rings is 1. The third kappa shape index (κ3) is 5.53. The zero-order chi connectivity index (χ0) is 18.6. The first-order valence-corrected chi connectivity index (χ1v) is 9.73. The Kier molecular flexibility index (Phi) is 6.60. The largest absolute Gasteiger partial charge is 0.488 e. The number of ether oxygens (including phenoxy) is 1. The average molecular weight is 381 g/mol. The van der Waals surface area contributed by atoms with Gasteiger partial charge in [0.2, 0.25) is 0 Å². The lowest BCUT2D eigenvalue weighted by molar-refractivity contribution is 0.300. The van der Waals surface area contributed by atoms with E-state index in [1.54, 1.807) is 6.07 Å². The van der Waals surface area contributed by atoms with Crippen LogP contribution in [0, 0.1) is 6.92 Å². The summed E-state index contributed by atoms with van der Waals surface area (Å²) in [7, 11) is -1.20. The van der Waals surface area contributed by atoms with Crippen LogP contribution < -0.4 is 9.46 Å². The molecule has 25 heavy (non-hydrogen) atoms. The SMILES string of the molecule is Cc1nc(Cl)cc(OCc2ccccc2)c1C(C)NS(=O)C(C)(C)C. The molecule has 0 aliphatic carbocycles. The van der Waals surface area contributed by atoms with E-state index in [0.717, 1.165) is 16.8 Å². The molecule has 1 aromatic heterocycles. The maximum Gasteiger partial charge on any atom is 0.133 e. The summed E-state index contributed by atoms with van der Waals surface area (Å²) in [6.45, 7) is 10.1. The molecule has 4 nitrogen and oxygen atoms in total. The van der Waals surface area contributed by atoms with Crippen molar-refractivity contribution in [1.82, 2.24) is 9.71 Å². The molecule has 0 radical (unpaired) electrons. The molecule has 1 heterocycles. The van der Waals surface area contributed by atoms with E-state index in [0.29, 0.717) is 17.5 Å². The van der Waals surface area contributed by atoms with Gasteiger partial charge in [0, 0.05) is 23.4 Å². The molecule has 0 saturated heterocycles. The molecule has 1 aromatic carbocycles. The van der Waals surface area contributed by atoms with Crippen molar-refractivity contribution in [3.8, 4) is 5.75 Å². The Morgan fingerprint density at radius 3 is 2.52 bits per heavy atom. The van der Waals surface area contributed by atoms with E-state index in [-0.39, 0.29) is 10.8 Å². The number of aromatic nitrogens is 1. The van der Waals surface area contributed by atoms with Gasteiger partial charge in [-0.15, -0.1) is 0 Å². The first-order chi connectivity index (χ1) is 11.7. The van der Waals surface area contributed by atoms with Gasteiger partial charge in [-0.05, 0) is 40.2 Å². The molecule has 0 aliphatic rings. The maximum atomic E-state index is 12.4. The van der Waals surface area contributed by atoms with Crippen LogP contribution in [-0.4, -0.2) is 13.9 Å². The summed E-state index contributed by atoms with van der Waals surface area (Å²) in [5.74, 6) is 0.660. The highest BCUT2D eigenvalue weighted by Gasteiger charge is 2.24. The Morgan fingerprint density at radius 1 is 1.28 bits per heavy atom. The monoisotopic (exact) mass is 380 g/mol. The highest BCUT2D eigenvalue weighted by atomic mass is 35.5. The van der Waals surface area contributed by atoms with Crippen molar-refractivity contribution in [1.29, 1.82) is 0 Å². The van der Waals surface area contributed by atoms with Gasteiger partial charge in [-0.2, -0.15) is 0 Å². The van der Waals surface area contributed by atoms with Crippen molar-refractivity contribution in [3.05, 3.63) is 58.4 Å². The maximum absolute atomic E-state index is 12.4. The summed E-state index contributed by atoms with van der Waals surface area (Å²) in [4.78, 5) is 4.33. The summed E-state index contributed by atoms with van der Waals surface area (Å²) in [6, 6.07) is 11.5. The Morgan fingerprint density at radius 2 is 1.92 bits per heavy atom. The molecule has 0 aliphatic heterocycles. The molecule has 0 bridgehead atoms. The minimum atomic E-state index is -1.20. The molecule has 0 amide bonds. The highest BCUT2D eigenvalue weighted by Crippen LogP contribution is 2.31. The van der Waals surface area contributed by atoms with Gasteiger partial charge in [0.1, 0.15) is 17.5 Å². The molecule has 136 valence electrons. The predicted octanol–water partition coefficient (Wildman–Crippen LogP) is 4.74. The lowest BCUT2D eigenvalue weighted by atomic mass is 10.1. The fourth-order valence-electron chi connectivity index (χ4n) is 2.39. The fraction of sp³-hybridized carbons (Fsp3) is 0.421. The molecular formula is C19H25ClN2O2S. The van der Waals surface area contributed by atoms with Gasteiger partial charge < -0.3 is 4.74 Å². The molecule has 1 N–H and O–H groups in total. The van der Waals surface area contributed by atoms with E-state index in [1.807, 2.05) is 65.0 Å². The summed E-state index contributed by atoms with van der Waals surface area (Å²) >= 11 is 6.12. The van der Waals surface area contributed by atoms with Crippen LogP contribution in [0.3, 0.4) is 0 Å². The van der Waals surface area contributed by atoms with E-state index in [4.69, 9.17) is 16.3 Å². The molecular weight excluding hydrogens is 356 g/mol. The second kappa shape index (κ2) is 8.30. The second-order valence-electron chi connectivity index (χ2n) is 6.94. The second-order valence-corrected chi connectivity index (χ2v) is 9.32. The summed E-state index contributed by atoms with van der Waals surface area (Å²) in [6.07, 6.45) is 0. The first kappa shape index (κ1) is 19.9. The predicted molar refractivity (Wildman–Crippen MR) is 104 cm³/mol. The number of hydrogen-bond acceptors (Lipinski definition) is 3. The zero-order valence-electron chi connectivity index (χ0n) is 15.3. The van der Waals surface area contributed by atoms with Crippen molar-refractivity contribution >= 4 is 22.6 Å². The van der Waals surface area contributed by atoms with Gasteiger partial charge in [0.15, 0.2) is 0 Å². The lowest BCUT2D eigenvalue weighted by Crippen LogP contribution is -2.35. The number of nitrogens with zero attached hydrogens (tertiary/aromatic N) is 1. The Labute approximate surface area is 157 Å². The van der Waals surface area contributed by atoms with Crippen LogP contribution in [0.5, 0.6) is 5.75 Å². The van der Waals surface area contributed by atoms with Crippen LogP contribution in [0.1, 0.15) is 50.6 Å². The van der Waals surface area contributed by atoms with Crippen molar-refractivity contribution in [3.63, 3.8) is 0 Å². The Hall–Kier alpha value is -1.43. The van der Waals surface area contributed by atoms with Gasteiger partial charge in [-0.1, -0.05) is 41.9 Å². The minimum absolute atomic E-state index is 0.185. The van der Waals surface area contributed by atoms with Crippen LogP contribution in [0.25, 0.3) is 0 Å². The Balaban J connectivity index is 2.25. The van der Waals surface area contributed by atoms with E-state index < -0.39 is 11.0 Å². The van der Waals surface area contributed by atoms with E-state index in [2.05, 4.69) is 9.71 Å². The van der Waals surface area contributed by atoms with E-state index >= 15 is 0 Å². The van der Waals surface area contributed by atoms with Crippen LogP contribution in [0.2, 0.25) is 5.15 Å². The Bertz CT molecular complexity index is 745. The number of aryl methyl sites for hydroxylation is 1. The normalized spacial score (nSPS) is 14.2. The molecule has 2 unspecified atom stereocenters. The molecule has 2 aromatic rings. The smallest absolute Gasteiger partial charge is 0.133 e. The van der Waals surface area contributed by atoms with Gasteiger partial charge in [-0.3, -0.25) is 0 Å². The molecule has 2 atom stereocenters. The van der Waals surface area contributed by atoms with Gasteiger partial charge in [0.05, 0.1) is 15.7 Å². The summed E-state index contributed by atoms with van der Waals surface area (Å²) < 4.78 is 21.2. The molecule has 2 rings (SSSR count). The van der Waals surface area contributed by atoms with Crippen LogP contribution in [-0.2, 0) is 17.6 Å². The standard InChI is InChI=1S/C19H25ClN2O2S/c1-13-18(14(2)22-25(23)19(3,4)5)16(11-17(20)21-13)24-12-15-9-7-6-8-10-15/h6-11,14,22H,12H2,1-5H3. The summed E-state index contributed by atoms with van der Waals surface area (Å²) in [5.41, 5.74) is 2.71. The zero-order valence-corrected chi connectivity index (χ0v) is 16.9. The van der Waals surface area contributed by atoms with Crippen LogP contribution in [0.4, 0.5) is 0 Å². The third-order valence-electron chi connectivity index (χ3n) is 3.69. The fourth-order valence-corrected chi connectivity index (χ4v) is 3.41. The number of hydrogen-bond donors (Lipinski definition) is 1.